The number of rotatable bonds is 7. The molecule has 166 valence electrons. The first kappa shape index (κ1) is 21.7. The normalized spacial score (nSPS) is 20.2. The van der Waals surface area contributed by atoms with E-state index in [1.54, 1.807) is 0 Å². The number of carbonyl (C=O) groups is 4. The van der Waals surface area contributed by atoms with Gasteiger partial charge in [-0.15, -0.1) is 0 Å². The molecule has 1 N–H and O–H groups in total. The van der Waals surface area contributed by atoms with E-state index in [0.717, 1.165) is 28.9 Å². The van der Waals surface area contributed by atoms with E-state index in [1.807, 2.05) is 60.7 Å². The molecule has 32 heavy (non-hydrogen) atoms. The van der Waals surface area contributed by atoms with Gasteiger partial charge in [-0.1, -0.05) is 73.5 Å². The number of hydrogen-bond acceptors (Lipinski definition) is 5. The molecule has 1 heterocycles. The zero-order chi connectivity index (χ0) is 22.5. The van der Waals surface area contributed by atoms with E-state index in [1.165, 1.54) is 0 Å². The van der Waals surface area contributed by atoms with Gasteiger partial charge in [-0.2, -0.15) is 0 Å². The molecule has 2 fully saturated rings. The number of imide groups is 1. The van der Waals surface area contributed by atoms with Gasteiger partial charge in [-0.3, -0.25) is 24.1 Å². The highest BCUT2D eigenvalue weighted by Gasteiger charge is 2.48. The van der Waals surface area contributed by atoms with Crippen LogP contribution in [0, 0.1) is 11.8 Å². The highest BCUT2D eigenvalue weighted by molar-refractivity contribution is 6.07. The predicted octanol–water partition coefficient (Wildman–Crippen LogP) is 2.61. The lowest BCUT2D eigenvalue weighted by Crippen LogP contribution is -2.38. The van der Waals surface area contributed by atoms with Crippen molar-refractivity contribution in [2.75, 3.05) is 13.2 Å². The zero-order valence-electron chi connectivity index (χ0n) is 17.7. The average molecular weight is 434 g/mol. The number of nitrogens with zero attached hydrogens (tertiary/aromatic N) is 1. The van der Waals surface area contributed by atoms with Crippen molar-refractivity contribution in [1.29, 1.82) is 0 Å². The Hall–Kier alpha value is -3.48. The van der Waals surface area contributed by atoms with Gasteiger partial charge < -0.3 is 10.1 Å². The predicted molar refractivity (Wildman–Crippen MR) is 116 cm³/mol. The molecule has 2 atom stereocenters. The molecule has 3 amide bonds. The molecule has 7 nitrogen and oxygen atoms in total. The standard InChI is InChI=1S/C25H26N2O5/c28-21(26-23(17-9-3-1-4-10-17)18-11-5-2-6-12-18)16-32-22(29)15-27-24(30)19-13-7-8-14-20(19)25(27)31/h1-6,9-12,19-20,23H,7-8,13-16H2,(H,26,28). The highest BCUT2D eigenvalue weighted by atomic mass is 16.5. The molecular formula is C25H26N2O5. The van der Waals surface area contributed by atoms with Crippen molar-refractivity contribution in [3.63, 3.8) is 0 Å². The third-order valence-corrected chi connectivity index (χ3v) is 6.16. The summed E-state index contributed by atoms with van der Waals surface area (Å²) in [5.41, 5.74) is 1.79. The van der Waals surface area contributed by atoms with E-state index in [9.17, 15) is 19.2 Å². The van der Waals surface area contributed by atoms with Gasteiger partial charge in [0, 0.05) is 0 Å². The average Bonchev–Trinajstić information content (AvgIpc) is 3.07. The lowest BCUT2D eigenvalue weighted by molar-refractivity contribution is -0.155. The van der Waals surface area contributed by atoms with Gasteiger partial charge in [0.2, 0.25) is 11.8 Å². The van der Waals surface area contributed by atoms with Crippen LogP contribution >= 0.6 is 0 Å². The molecule has 0 spiro atoms. The fraction of sp³-hybridized carbons (Fsp3) is 0.360. The Labute approximate surface area is 186 Å². The highest BCUT2D eigenvalue weighted by Crippen LogP contribution is 2.37. The quantitative estimate of drug-likeness (QED) is 0.534. The Morgan fingerprint density at radius 3 is 1.88 bits per heavy atom. The van der Waals surface area contributed by atoms with Gasteiger partial charge in [-0.05, 0) is 24.0 Å². The summed E-state index contributed by atoms with van der Waals surface area (Å²) in [5, 5.41) is 2.89. The van der Waals surface area contributed by atoms with Gasteiger partial charge in [0.05, 0.1) is 17.9 Å². The van der Waals surface area contributed by atoms with Crippen LogP contribution in [0.4, 0.5) is 0 Å². The SMILES string of the molecule is O=C(COC(=O)CN1C(=O)C2CCCCC2C1=O)NC(c1ccccc1)c1ccccc1. The third-order valence-electron chi connectivity index (χ3n) is 6.16. The van der Waals surface area contributed by atoms with Crippen molar-refractivity contribution in [3.8, 4) is 0 Å². The van der Waals surface area contributed by atoms with Crippen LogP contribution in [0.25, 0.3) is 0 Å². The lowest BCUT2D eigenvalue weighted by Gasteiger charge is -2.20. The summed E-state index contributed by atoms with van der Waals surface area (Å²) in [5.74, 6) is -2.46. The zero-order valence-corrected chi connectivity index (χ0v) is 17.7. The van der Waals surface area contributed by atoms with Crippen LogP contribution in [0.3, 0.4) is 0 Å². The molecule has 4 rings (SSSR count). The van der Waals surface area contributed by atoms with Gasteiger partial charge in [-0.25, -0.2) is 0 Å². The number of fused-ring (bicyclic) bond motifs is 1. The summed E-state index contributed by atoms with van der Waals surface area (Å²) in [6, 6.07) is 18.6. The van der Waals surface area contributed by atoms with E-state index >= 15 is 0 Å². The summed E-state index contributed by atoms with van der Waals surface area (Å²) >= 11 is 0. The number of carbonyl (C=O) groups excluding carboxylic acids is 4. The second-order valence-corrected chi connectivity index (χ2v) is 8.24. The minimum absolute atomic E-state index is 0.297. The third kappa shape index (κ3) is 4.72. The van der Waals surface area contributed by atoms with Crippen LogP contribution in [0.5, 0.6) is 0 Å². The summed E-state index contributed by atoms with van der Waals surface area (Å²) in [4.78, 5) is 50.8. The Balaban J connectivity index is 1.34. The molecule has 1 saturated heterocycles. The first-order valence-electron chi connectivity index (χ1n) is 10.9. The summed E-state index contributed by atoms with van der Waals surface area (Å²) in [6.07, 6.45) is 3.21. The molecule has 2 aromatic carbocycles. The van der Waals surface area contributed by atoms with E-state index < -0.39 is 31.1 Å². The maximum atomic E-state index is 12.5. The van der Waals surface area contributed by atoms with Crippen molar-refractivity contribution >= 4 is 23.7 Å². The lowest BCUT2D eigenvalue weighted by atomic mass is 9.81. The van der Waals surface area contributed by atoms with Crippen LogP contribution in [-0.2, 0) is 23.9 Å². The van der Waals surface area contributed by atoms with Crippen molar-refractivity contribution in [1.82, 2.24) is 10.2 Å². The number of nitrogens with one attached hydrogen (secondary N) is 1. The fourth-order valence-corrected chi connectivity index (χ4v) is 4.56. The molecular weight excluding hydrogens is 408 g/mol. The molecule has 2 aliphatic rings. The smallest absolute Gasteiger partial charge is 0.326 e. The monoisotopic (exact) mass is 434 g/mol. The number of benzene rings is 2. The Morgan fingerprint density at radius 1 is 0.875 bits per heavy atom. The molecule has 1 aliphatic carbocycles. The molecule has 1 aliphatic heterocycles. The minimum Gasteiger partial charge on any atom is -0.454 e. The number of likely N-dealkylation sites (tertiary alicyclic amines) is 1. The fourth-order valence-electron chi connectivity index (χ4n) is 4.56. The van der Waals surface area contributed by atoms with Crippen LogP contribution in [0.2, 0.25) is 0 Å². The molecule has 1 saturated carbocycles. The first-order chi connectivity index (χ1) is 15.5. The molecule has 2 unspecified atom stereocenters. The van der Waals surface area contributed by atoms with Crippen molar-refractivity contribution < 1.29 is 23.9 Å². The first-order valence-corrected chi connectivity index (χ1v) is 10.9. The van der Waals surface area contributed by atoms with Crippen LogP contribution in [0.15, 0.2) is 60.7 Å². The van der Waals surface area contributed by atoms with Gasteiger partial charge in [0.1, 0.15) is 6.54 Å². The number of amides is 3. The minimum atomic E-state index is -0.767. The summed E-state index contributed by atoms with van der Waals surface area (Å²) in [6.45, 7) is -0.934. The van der Waals surface area contributed by atoms with Gasteiger partial charge in [0.25, 0.3) is 5.91 Å². The summed E-state index contributed by atoms with van der Waals surface area (Å²) in [7, 11) is 0. The van der Waals surface area contributed by atoms with E-state index in [0.29, 0.717) is 12.8 Å². The number of hydrogen-bond donors (Lipinski definition) is 1. The topological polar surface area (TPSA) is 92.8 Å². The van der Waals surface area contributed by atoms with E-state index in [-0.39, 0.29) is 23.7 Å². The van der Waals surface area contributed by atoms with Gasteiger partial charge >= 0.3 is 5.97 Å². The van der Waals surface area contributed by atoms with Crippen LogP contribution in [-0.4, -0.2) is 41.7 Å². The molecule has 2 aromatic rings. The molecule has 0 bridgehead atoms. The second kappa shape index (κ2) is 9.77. The van der Waals surface area contributed by atoms with E-state index in [4.69, 9.17) is 4.74 Å². The van der Waals surface area contributed by atoms with Crippen LogP contribution in [0.1, 0.15) is 42.9 Å². The maximum Gasteiger partial charge on any atom is 0.326 e. The Kier molecular flexibility index (Phi) is 6.63. The van der Waals surface area contributed by atoms with Crippen molar-refractivity contribution in [2.45, 2.75) is 31.7 Å². The molecule has 0 radical (unpaired) electrons. The largest absolute Gasteiger partial charge is 0.454 e. The maximum absolute atomic E-state index is 12.5. The molecule has 7 heteroatoms. The number of esters is 1. The van der Waals surface area contributed by atoms with Crippen LogP contribution < -0.4 is 5.32 Å². The molecule has 0 aromatic heterocycles. The van der Waals surface area contributed by atoms with Crippen molar-refractivity contribution in [3.05, 3.63) is 71.8 Å². The second-order valence-electron chi connectivity index (χ2n) is 8.24. The van der Waals surface area contributed by atoms with E-state index in [2.05, 4.69) is 5.32 Å². The summed E-state index contributed by atoms with van der Waals surface area (Å²) < 4.78 is 5.09. The number of ether oxygens (including phenoxy) is 1. The van der Waals surface area contributed by atoms with Crippen molar-refractivity contribution in [2.24, 2.45) is 11.8 Å². The Bertz CT molecular complexity index is 928. The van der Waals surface area contributed by atoms with Gasteiger partial charge in [0.15, 0.2) is 6.61 Å². The Morgan fingerprint density at radius 2 is 1.38 bits per heavy atom.